The first kappa shape index (κ1) is 18.4. The third kappa shape index (κ3) is 4.30. The van der Waals surface area contributed by atoms with Crippen molar-refractivity contribution in [3.05, 3.63) is 65.1 Å². The molecule has 0 bridgehead atoms. The minimum Gasteiger partial charge on any atom is -0.354 e. The zero-order valence-electron chi connectivity index (χ0n) is 15.2. The Labute approximate surface area is 166 Å². The van der Waals surface area contributed by atoms with Crippen molar-refractivity contribution in [1.82, 2.24) is 29.6 Å². The fraction of sp³-hybridized carbons (Fsp3) is 0.316. The maximum Gasteiger partial charge on any atom is 0.350 e. The Morgan fingerprint density at radius 3 is 2.61 bits per heavy atom. The second-order valence-corrected chi connectivity index (χ2v) is 7.42. The van der Waals surface area contributed by atoms with E-state index >= 15 is 0 Å². The predicted octanol–water partition coefficient (Wildman–Crippen LogP) is 1.61. The Morgan fingerprint density at radius 1 is 1.14 bits per heavy atom. The molecule has 1 aliphatic carbocycles. The van der Waals surface area contributed by atoms with Gasteiger partial charge in [0.1, 0.15) is 5.82 Å². The molecule has 1 amide bonds. The molecule has 2 heterocycles. The molecule has 1 aliphatic rings. The highest BCUT2D eigenvalue weighted by molar-refractivity contribution is 7.99. The maximum atomic E-state index is 12.8. The minimum atomic E-state index is -0.172. The van der Waals surface area contributed by atoms with Gasteiger partial charge in [0.25, 0.3) is 0 Å². The van der Waals surface area contributed by atoms with Crippen molar-refractivity contribution in [2.75, 3.05) is 12.3 Å². The van der Waals surface area contributed by atoms with Gasteiger partial charge in [-0.25, -0.2) is 24.0 Å². The van der Waals surface area contributed by atoms with Crippen LogP contribution in [0.3, 0.4) is 0 Å². The number of carbonyl (C=O) groups is 1. The topological polar surface area (TPSA) is 94.7 Å². The molecule has 0 aliphatic heterocycles. The van der Waals surface area contributed by atoms with Gasteiger partial charge < -0.3 is 5.32 Å². The molecule has 0 radical (unpaired) electrons. The van der Waals surface area contributed by atoms with Crippen molar-refractivity contribution in [3.8, 4) is 5.69 Å². The number of thioether (sulfide) groups is 1. The molecule has 28 heavy (non-hydrogen) atoms. The third-order valence-corrected chi connectivity index (χ3v) is 5.22. The lowest BCUT2D eigenvalue weighted by atomic mass is 10.3. The number of rotatable bonds is 8. The average Bonchev–Trinajstić information content (AvgIpc) is 3.52. The minimum absolute atomic E-state index is 0.129. The van der Waals surface area contributed by atoms with Crippen LogP contribution in [0.15, 0.2) is 58.7 Å². The fourth-order valence-electron chi connectivity index (χ4n) is 2.84. The molecule has 1 N–H and O–H groups in total. The van der Waals surface area contributed by atoms with Crippen LogP contribution >= 0.6 is 11.8 Å². The molecule has 4 rings (SSSR count). The molecule has 1 fully saturated rings. The van der Waals surface area contributed by atoms with E-state index in [1.807, 2.05) is 30.3 Å². The summed E-state index contributed by atoms with van der Waals surface area (Å²) >= 11 is 1.27. The Morgan fingerprint density at radius 2 is 1.89 bits per heavy atom. The van der Waals surface area contributed by atoms with Gasteiger partial charge in [-0.2, -0.15) is 5.10 Å². The number of nitrogens with one attached hydrogen (secondary N) is 1. The molecule has 2 aromatic heterocycles. The first-order chi connectivity index (χ1) is 13.7. The SMILES string of the molecule is O=C(CSc1ncccn1)NCCn1nc(C2CC2)n(-c2ccccc2)c1=O. The lowest BCUT2D eigenvalue weighted by Gasteiger charge is -2.04. The van der Waals surface area contributed by atoms with Gasteiger partial charge in [-0.15, -0.1) is 0 Å². The van der Waals surface area contributed by atoms with Crippen molar-refractivity contribution in [1.29, 1.82) is 0 Å². The van der Waals surface area contributed by atoms with E-state index < -0.39 is 0 Å². The van der Waals surface area contributed by atoms with Gasteiger partial charge in [0.15, 0.2) is 5.16 Å². The van der Waals surface area contributed by atoms with Crippen LogP contribution in [-0.2, 0) is 11.3 Å². The number of nitrogens with zero attached hydrogens (tertiary/aromatic N) is 5. The molecule has 0 saturated heterocycles. The number of benzene rings is 1. The van der Waals surface area contributed by atoms with E-state index in [0.717, 1.165) is 24.4 Å². The third-order valence-electron chi connectivity index (χ3n) is 4.34. The number of aromatic nitrogens is 5. The highest BCUT2D eigenvalue weighted by atomic mass is 32.2. The van der Waals surface area contributed by atoms with Crippen molar-refractivity contribution in [2.45, 2.75) is 30.5 Å². The summed E-state index contributed by atoms with van der Waals surface area (Å²) in [5, 5.41) is 7.91. The average molecular weight is 396 g/mol. The van der Waals surface area contributed by atoms with E-state index in [2.05, 4.69) is 20.4 Å². The summed E-state index contributed by atoms with van der Waals surface area (Å²) in [6.07, 6.45) is 5.39. The molecule has 1 aromatic carbocycles. The Balaban J connectivity index is 1.37. The summed E-state index contributed by atoms with van der Waals surface area (Å²) in [5.74, 6) is 1.24. The highest BCUT2D eigenvalue weighted by Crippen LogP contribution is 2.39. The van der Waals surface area contributed by atoms with Crippen molar-refractivity contribution >= 4 is 17.7 Å². The molecule has 0 spiro atoms. The van der Waals surface area contributed by atoms with Gasteiger partial charge in [-0.1, -0.05) is 30.0 Å². The normalized spacial score (nSPS) is 13.4. The van der Waals surface area contributed by atoms with E-state index in [4.69, 9.17) is 0 Å². The number of para-hydroxylation sites is 1. The molecule has 0 atom stereocenters. The van der Waals surface area contributed by atoms with Gasteiger partial charge in [0.05, 0.1) is 18.0 Å². The molecule has 1 saturated carbocycles. The molecular weight excluding hydrogens is 376 g/mol. The predicted molar refractivity (Wildman–Crippen MR) is 106 cm³/mol. The van der Waals surface area contributed by atoms with E-state index in [1.54, 1.807) is 23.0 Å². The van der Waals surface area contributed by atoms with Crippen LogP contribution in [0, 0.1) is 0 Å². The number of carbonyl (C=O) groups excluding carboxylic acids is 1. The summed E-state index contributed by atoms with van der Waals surface area (Å²) in [6.45, 7) is 0.668. The second kappa shape index (κ2) is 8.39. The molecule has 0 unspecified atom stereocenters. The zero-order valence-corrected chi connectivity index (χ0v) is 16.0. The first-order valence-corrected chi connectivity index (χ1v) is 10.1. The molecule has 9 heteroatoms. The largest absolute Gasteiger partial charge is 0.354 e. The van der Waals surface area contributed by atoms with Crippen molar-refractivity contribution in [3.63, 3.8) is 0 Å². The van der Waals surface area contributed by atoms with E-state index in [1.165, 1.54) is 16.4 Å². The van der Waals surface area contributed by atoms with E-state index in [9.17, 15) is 9.59 Å². The zero-order chi connectivity index (χ0) is 19.3. The molecule has 8 nitrogen and oxygen atoms in total. The van der Waals surface area contributed by atoms with Crippen LogP contribution in [0.25, 0.3) is 5.69 Å². The summed E-state index contributed by atoms with van der Waals surface area (Å²) in [6, 6.07) is 11.3. The number of hydrogen-bond acceptors (Lipinski definition) is 6. The van der Waals surface area contributed by atoms with Crippen LogP contribution in [0.2, 0.25) is 0 Å². The smallest absolute Gasteiger partial charge is 0.350 e. The lowest BCUT2D eigenvalue weighted by Crippen LogP contribution is -2.32. The van der Waals surface area contributed by atoms with Gasteiger partial charge in [-0.3, -0.25) is 4.79 Å². The number of amides is 1. The Hall–Kier alpha value is -2.94. The monoisotopic (exact) mass is 396 g/mol. The van der Waals surface area contributed by atoms with E-state index in [0.29, 0.717) is 24.2 Å². The first-order valence-electron chi connectivity index (χ1n) is 9.14. The van der Waals surface area contributed by atoms with E-state index in [-0.39, 0.29) is 17.3 Å². The quantitative estimate of drug-likeness (QED) is 0.459. The van der Waals surface area contributed by atoms with Crippen LogP contribution in [0.5, 0.6) is 0 Å². The van der Waals surface area contributed by atoms with Crippen LogP contribution < -0.4 is 11.0 Å². The van der Waals surface area contributed by atoms with Crippen molar-refractivity contribution < 1.29 is 4.79 Å². The Kier molecular flexibility index (Phi) is 5.52. The van der Waals surface area contributed by atoms with Crippen molar-refractivity contribution in [2.24, 2.45) is 0 Å². The standard InChI is InChI=1S/C19H20N6O2S/c26-16(13-28-18-21-9-4-10-22-18)20-11-12-24-19(27)25(15-5-2-1-3-6-15)17(23-24)14-7-8-14/h1-6,9-10,14H,7-8,11-13H2,(H,20,26). The molecular formula is C19H20N6O2S. The second-order valence-electron chi connectivity index (χ2n) is 6.48. The van der Waals surface area contributed by atoms with Gasteiger partial charge >= 0.3 is 5.69 Å². The van der Waals surface area contributed by atoms with Gasteiger partial charge in [0.2, 0.25) is 5.91 Å². The summed E-state index contributed by atoms with van der Waals surface area (Å²) < 4.78 is 3.12. The Bertz CT molecular complexity index is 998. The fourth-order valence-corrected chi connectivity index (χ4v) is 3.47. The van der Waals surface area contributed by atoms with Crippen LogP contribution in [0.1, 0.15) is 24.6 Å². The van der Waals surface area contributed by atoms with Gasteiger partial charge in [0, 0.05) is 24.9 Å². The van der Waals surface area contributed by atoms with Crippen LogP contribution in [0.4, 0.5) is 0 Å². The maximum absolute atomic E-state index is 12.8. The van der Waals surface area contributed by atoms with Gasteiger partial charge in [-0.05, 0) is 31.0 Å². The number of hydrogen-bond donors (Lipinski definition) is 1. The van der Waals surface area contributed by atoms with Crippen LogP contribution in [-0.4, -0.2) is 42.5 Å². The lowest BCUT2D eigenvalue weighted by molar-refractivity contribution is -0.118. The highest BCUT2D eigenvalue weighted by Gasteiger charge is 2.31. The summed E-state index contributed by atoms with van der Waals surface area (Å²) in [7, 11) is 0. The molecule has 144 valence electrons. The molecule has 3 aromatic rings. The summed E-state index contributed by atoms with van der Waals surface area (Å²) in [4.78, 5) is 33.0. The summed E-state index contributed by atoms with van der Waals surface area (Å²) in [5.41, 5.74) is 0.651.